The molecule has 1 heterocycles. The minimum atomic E-state index is -0.930. The summed E-state index contributed by atoms with van der Waals surface area (Å²) in [5, 5.41) is 13.0. The molecular formula is C30H29BO2S. The van der Waals surface area contributed by atoms with Gasteiger partial charge in [0.2, 0.25) is 0 Å². The molecular weight excluding hydrogens is 435 g/mol. The minimum Gasteiger partial charge on any atom is -0.427 e. The summed E-state index contributed by atoms with van der Waals surface area (Å²) in [4.78, 5) is 0. The molecule has 0 saturated heterocycles. The molecule has 0 atom stereocenters. The SMILES string of the molecule is CC(C)(O)C(C)(C)OBc1cccc2sc3cc(-c4cccc(-c5ccccc5)c4)ccc3c12. The van der Waals surface area contributed by atoms with Crippen molar-refractivity contribution in [2.75, 3.05) is 0 Å². The Labute approximate surface area is 206 Å². The van der Waals surface area contributed by atoms with Crippen molar-refractivity contribution in [3.8, 4) is 22.3 Å². The number of rotatable bonds is 6. The molecule has 4 heteroatoms. The van der Waals surface area contributed by atoms with Crippen LogP contribution in [-0.2, 0) is 4.65 Å². The van der Waals surface area contributed by atoms with E-state index in [1.165, 1.54) is 42.4 Å². The Kier molecular flexibility index (Phi) is 5.85. The van der Waals surface area contributed by atoms with Gasteiger partial charge in [0.15, 0.2) is 0 Å². The topological polar surface area (TPSA) is 29.5 Å². The van der Waals surface area contributed by atoms with Gasteiger partial charge < -0.3 is 9.76 Å². The predicted molar refractivity (Wildman–Crippen MR) is 148 cm³/mol. The van der Waals surface area contributed by atoms with E-state index in [0.717, 1.165) is 5.46 Å². The number of fused-ring (bicyclic) bond motifs is 3. The molecule has 0 amide bonds. The van der Waals surface area contributed by atoms with Crippen molar-refractivity contribution in [3.05, 3.63) is 91.0 Å². The average Bonchev–Trinajstić information content (AvgIpc) is 3.21. The van der Waals surface area contributed by atoms with Gasteiger partial charge in [-0.05, 0) is 84.4 Å². The third-order valence-corrected chi connectivity index (χ3v) is 8.07. The van der Waals surface area contributed by atoms with E-state index in [4.69, 9.17) is 4.65 Å². The fourth-order valence-electron chi connectivity index (χ4n) is 4.14. The van der Waals surface area contributed by atoms with Crippen molar-refractivity contribution >= 4 is 44.5 Å². The number of aliphatic hydroxyl groups is 1. The molecule has 34 heavy (non-hydrogen) atoms. The van der Waals surface area contributed by atoms with Gasteiger partial charge in [0, 0.05) is 9.40 Å². The Morgan fingerprint density at radius 1 is 0.676 bits per heavy atom. The van der Waals surface area contributed by atoms with Crippen LogP contribution in [0.2, 0.25) is 0 Å². The smallest absolute Gasteiger partial charge is 0.310 e. The fourth-order valence-corrected chi connectivity index (χ4v) is 5.34. The van der Waals surface area contributed by atoms with Crippen molar-refractivity contribution in [1.29, 1.82) is 0 Å². The monoisotopic (exact) mass is 464 g/mol. The van der Waals surface area contributed by atoms with E-state index >= 15 is 0 Å². The van der Waals surface area contributed by atoms with Gasteiger partial charge >= 0.3 is 7.48 Å². The third-order valence-electron chi connectivity index (χ3n) is 6.95. The van der Waals surface area contributed by atoms with E-state index in [1.54, 1.807) is 13.8 Å². The first-order valence-electron chi connectivity index (χ1n) is 11.7. The second-order valence-corrected chi connectivity index (χ2v) is 11.0. The van der Waals surface area contributed by atoms with Gasteiger partial charge in [-0.3, -0.25) is 0 Å². The highest BCUT2D eigenvalue weighted by atomic mass is 32.1. The Hall–Kier alpha value is -2.92. The van der Waals surface area contributed by atoms with Crippen molar-refractivity contribution in [2.24, 2.45) is 0 Å². The summed E-state index contributed by atoms with van der Waals surface area (Å²) >= 11 is 1.82. The van der Waals surface area contributed by atoms with Crippen molar-refractivity contribution < 1.29 is 9.76 Å². The Morgan fingerprint density at radius 2 is 1.32 bits per heavy atom. The van der Waals surface area contributed by atoms with Crippen LogP contribution in [0.25, 0.3) is 42.4 Å². The molecule has 0 unspecified atom stereocenters. The van der Waals surface area contributed by atoms with Gasteiger partial charge in [0.05, 0.1) is 11.2 Å². The fraction of sp³-hybridized carbons (Fsp3) is 0.200. The van der Waals surface area contributed by atoms with Crippen LogP contribution in [0.4, 0.5) is 0 Å². The number of hydrogen-bond donors (Lipinski definition) is 1. The lowest BCUT2D eigenvalue weighted by atomic mass is 9.80. The van der Waals surface area contributed by atoms with Crippen LogP contribution in [0.15, 0.2) is 91.0 Å². The van der Waals surface area contributed by atoms with Crippen LogP contribution in [0.3, 0.4) is 0 Å². The van der Waals surface area contributed by atoms with Crippen LogP contribution in [0.5, 0.6) is 0 Å². The molecule has 5 rings (SSSR count). The summed E-state index contributed by atoms with van der Waals surface area (Å²) in [7, 11) is 0.459. The molecule has 0 fully saturated rings. The van der Waals surface area contributed by atoms with Crippen LogP contribution in [0, 0.1) is 0 Å². The first-order chi connectivity index (χ1) is 16.2. The molecule has 0 aliphatic heterocycles. The maximum atomic E-state index is 10.5. The predicted octanol–water partition coefficient (Wildman–Crippen LogP) is 6.93. The lowest BCUT2D eigenvalue weighted by molar-refractivity contribution is -0.0893. The summed E-state index contributed by atoms with van der Waals surface area (Å²) in [5.41, 5.74) is 4.46. The van der Waals surface area contributed by atoms with Crippen molar-refractivity contribution in [1.82, 2.24) is 0 Å². The van der Waals surface area contributed by atoms with Crippen molar-refractivity contribution in [3.63, 3.8) is 0 Å². The van der Waals surface area contributed by atoms with E-state index in [1.807, 2.05) is 31.3 Å². The van der Waals surface area contributed by atoms with Crippen molar-refractivity contribution in [2.45, 2.75) is 38.9 Å². The maximum absolute atomic E-state index is 10.5. The van der Waals surface area contributed by atoms with Gasteiger partial charge in [-0.1, -0.05) is 72.8 Å². The summed E-state index contributed by atoms with van der Waals surface area (Å²) in [6, 6.07) is 32.4. The van der Waals surface area contributed by atoms with Crippen LogP contribution in [-0.4, -0.2) is 23.8 Å². The number of benzene rings is 4. The molecule has 0 spiro atoms. The molecule has 1 N–H and O–H groups in total. The Balaban J connectivity index is 1.52. The Bertz CT molecular complexity index is 1460. The molecule has 0 aliphatic rings. The molecule has 2 nitrogen and oxygen atoms in total. The van der Waals surface area contributed by atoms with E-state index in [2.05, 4.69) is 84.9 Å². The van der Waals surface area contributed by atoms with Gasteiger partial charge in [0.25, 0.3) is 0 Å². The summed E-state index contributed by atoms with van der Waals surface area (Å²) in [6.07, 6.45) is 0. The zero-order chi connectivity index (χ0) is 23.9. The number of hydrogen-bond acceptors (Lipinski definition) is 3. The van der Waals surface area contributed by atoms with E-state index < -0.39 is 11.2 Å². The largest absolute Gasteiger partial charge is 0.427 e. The molecule has 170 valence electrons. The summed E-state index contributed by atoms with van der Waals surface area (Å²) in [6.45, 7) is 7.47. The van der Waals surface area contributed by atoms with E-state index in [-0.39, 0.29) is 0 Å². The van der Waals surface area contributed by atoms with E-state index in [0.29, 0.717) is 7.48 Å². The maximum Gasteiger partial charge on any atom is 0.310 e. The first kappa shape index (κ1) is 22.9. The van der Waals surface area contributed by atoms with Crippen LogP contribution in [0.1, 0.15) is 27.7 Å². The average molecular weight is 464 g/mol. The van der Waals surface area contributed by atoms with Crippen LogP contribution >= 0.6 is 11.3 Å². The lowest BCUT2D eigenvalue weighted by Gasteiger charge is -2.37. The van der Waals surface area contributed by atoms with Gasteiger partial charge in [-0.25, -0.2) is 0 Å². The quantitative estimate of drug-likeness (QED) is 0.276. The van der Waals surface area contributed by atoms with Gasteiger partial charge in [-0.2, -0.15) is 0 Å². The zero-order valence-corrected chi connectivity index (χ0v) is 20.9. The standard InChI is InChI=1S/C30H29BO2S/c1-29(2,32)30(3,4)33-31-25-14-9-15-26-28(25)24-17-16-23(19-27(24)34-26)22-13-8-12-21(18-22)20-10-6-5-7-11-20/h5-19,31-32H,1-4H3. The lowest BCUT2D eigenvalue weighted by Crippen LogP contribution is -2.49. The van der Waals surface area contributed by atoms with Gasteiger partial charge in [-0.15, -0.1) is 11.3 Å². The molecule has 5 aromatic rings. The second kappa shape index (κ2) is 8.70. The molecule has 0 aliphatic carbocycles. The molecule has 1 aromatic heterocycles. The Morgan fingerprint density at radius 3 is 2.06 bits per heavy atom. The van der Waals surface area contributed by atoms with Gasteiger partial charge in [0.1, 0.15) is 0 Å². The highest BCUT2D eigenvalue weighted by Crippen LogP contribution is 2.36. The highest BCUT2D eigenvalue weighted by molar-refractivity contribution is 7.26. The molecule has 4 aromatic carbocycles. The molecule has 0 bridgehead atoms. The zero-order valence-electron chi connectivity index (χ0n) is 20.1. The number of thiophene rings is 1. The first-order valence-corrected chi connectivity index (χ1v) is 12.5. The second-order valence-electron chi connectivity index (χ2n) is 9.91. The summed E-state index contributed by atoms with van der Waals surface area (Å²) < 4.78 is 8.74. The molecule has 0 saturated carbocycles. The minimum absolute atomic E-state index is 0.459. The summed E-state index contributed by atoms with van der Waals surface area (Å²) in [5.74, 6) is 0. The highest BCUT2D eigenvalue weighted by Gasteiger charge is 2.35. The van der Waals surface area contributed by atoms with Crippen LogP contribution < -0.4 is 5.46 Å². The molecule has 0 radical (unpaired) electrons. The van der Waals surface area contributed by atoms with E-state index in [9.17, 15) is 5.11 Å². The normalized spacial score (nSPS) is 12.4. The third kappa shape index (κ3) is 4.29.